The Morgan fingerprint density at radius 3 is 3.12 bits per heavy atom. The Kier molecular flexibility index (Phi) is 3.26. The number of nitrogens with one attached hydrogen (secondary N) is 2. The minimum Gasteiger partial charge on any atom is -0.384 e. The minimum atomic E-state index is 0.162. The van der Waals surface area contributed by atoms with Gasteiger partial charge >= 0.3 is 0 Å². The maximum absolute atomic E-state index is 5.95. The fraction of sp³-hybridized carbons (Fsp3) is 0.200. The maximum atomic E-state index is 5.95. The van der Waals surface area contributed by atoms with Crippen LogP contribution in [0.1, 0.15) is 12.0 Å². The number of anilines is 1. The van der Waals surface area contributed by atoms with E-state index in [9.17, 15) is 0 Å². The fourth-order valence-electron chi connectivity index (χ4n) is 1.60. The van der Waals surface area contributed by atoms with E-state index < -0.39 is 0 Å². The number of thiocarbonyl (C=S) groups is 1. The first-order valence-electron chi connectivity index (χ1n) is 4.82. The van der Waals surface area contributed by atoms with Crippen molar-refractivity contribution in [2.24, 2.45) is 10.8 Å². The van der Waals surface area contributed by atoms with Gasteiger partial charge in [-0.15, -0.1) is 0 Å². The van der Waals surface area contributed by atoms with Crippen LogP contribution < -0.4 is 16.5 Å². The lowest BCUT2D eigenvalue weighted by Crippen LogP contribution is -2.27. The molecule has 2 rings (SSSR count). The highest BCUT2D eigenvalue weighted by molar-refractivity contribution is 7.80. The summed E-state index contributed by atoms with van der Waals surface area (Å²) in [6, 6.07) is 5.66. The van der Waals surface area contributed by atoms with E-state index in [1.807, 2.05) is 18.2 Å². The predicted molar refractivity (Wildman–Crippen MR) is 71.0 cm³/mol. The van der Waals surface area contributed by atoms with Gasteiger partial charge in [-0.25, -0.2) is 0 Å². The van der Waals surface area contributed by atoms with Gasteiger partial charge in [-0.2, -0.15) is 5.10 Å². The molecule has 84 valence electrons. The van der Waals surface area contributed by atoms with Crippen molar-refractivity contribution in [3.63, 3.8) is 0 Å². The monoisotopic (exact) mass is 254 g/mol. The highest BCUT2D eigenvalue weighted by atomic mass is 35.5. The van der Waals surface area contributed by atoms with E-state index in [2.05, 4.69) is 15.8 Å². The van der Waals surface area contributed by atoms with E-state index in [4.69, 9.17) is 29.6 Å². The third-order valence-electron chi connectivity index (χ3n) is 2.27. The van der Waals surface area contributed by atoms with Crippen molar-refractivity contribution in [1.29, 1.82) is 0 Å². The van der Waals surface area contributed by atoms with Crippen LogP contribution in [0.4, 0.5) is 5.69 Å². The van der Waals surface area contributed by atoms with Gasteiger partial charge in [0, 0.05) is 29.2 Å². The molecule has 0 saturated heterocycles. The largest absolute Gasteiger partial charge is 0.384 e. The van der Waals surface area contributed by atoms with Crippen LogP contribution in [0, 0.1) is 0 Å². The molecule has 16 heavy (non-hydrogen) atoms. The molecule has 0 fully saturated rings. The lowest BCUT2D eigenvalue weighted by molar-refractivity contribution is 0.984. The molecule has 6 heteroatoms. The Hall–Kier alpha value is -1.33. The van der Waals surface area contributed by atoms with Gasteiger partial charge in [0.25, 0.3) is 0 Å². The molecule has 4 N–H and O–H groups in total. The van der Waals surface area contributed by atoms with Crippen LogP contribution in [0.3, 0.4) is 0 Å². The molecule has 0 unspecified atom stereocenters. The van der Waals surface area contributed by atoms with Crippen LogP contribution >= 0.6 is 23.8 Å². The summed E-state index contributed by atoms with van der Waals surface area (Å²) in [6.45, 7) is 0.840. The SMILES string of the molecule is NC(=S)NN=C1CCNc2ccc(Cl)cc21. The molecular formula is C10H11ClN4S. The van der Waals surface area contributed by atoms with Crippen molar-refractivity contribution >= 4 is 40.3 Å². The average Bonchev–Trinajstić information content (AvgIpc) is 2.26. The second kappa shape index (κ2) is 4.67. The van der Waals surface area contributed by atoms with E-state index in [1.165, 1.54) is 0 Å². The second-order valence-corrected chi connectivity index (χ2v) is 4.28. The Morgan fingerprint density at radius 2 is 2.38 bits per heavy atom. The topological polar surface area (TPSA) is 62.4 Å². The zero-order valence-corrected chi connectivity index (χ0v) is 10.0. The van der Waals surface area contributed by atoms with Crippen LogP contribution in [-0.4, -0.2) is 17.4 Å². The molecule has 1 aromatic carbocycles. The molecule has 0 amide bonds. The Bertz CT molecular complexity index is 458. The number of halogens is 1. The molecule has 4 nitrogen and oxygen atoms in total. The second-order valence-electron chi connectivity index (χ2n) is 3.40. The van der Waals surface area contributed by atoms with Crippen molar-refractivity contribution in [3.8, 4) is 0 Å². The maximum Gasteiger partial charge on any atom is 0.184 e. The van der Waals surface area contributed by atoms with E-state index in [0.29, 0.717) is 5.02 Å². The van der Waals surface area contributed by atoms with Gasteiger partial charge in [0.05, 0.1) is 5.71 Å². The first-order chi connectivity index (χ1) is 7.66. The summed E-state index contributed by atoms with van der Waals surface area (Å²) in [7, 11) is 0. The van der Waals surface area contributed by atoms with Crippen molar-refractivity contribution in [2.45, 2.75) is 6.42 Å². The summed E-state index contributed by atoms with van der Waals surface area (Å²) >= 11 is 10.7. The summed E-state index contributed by atoms with van der Waals surface area (Å²) < 4.78 is 0. The number of fused-ring (bicyclic) bond motifs is 1. The summed E-state index contributed by atoms with van der Waals surface area (Å²) in [5.74, 6) is 0. The molecule has 0 aromatic heterocycles. The summed E-state index contributed by atoms with van der Waals surface area (Å²) in [6.07, 6.45) is 0.808. The number of rotatable bonds is 1. The smallest absolute Gasteiger partial charge is 0.184 e. The van der Waals surface area contributed by atoms with Crippen molar-refractivity contribution in [3.05, 3.63) is 28.8 Å². The molecule has 0 radical (unpaired) electrons. The summed E-state index contributed by atoms with van der Waals surface area (Å²) in [4.78, 5) is 0. The highest BCUT2D eigenvalue weighted by Gasteiger charge is 2.15. The van der Waals surface area contributed by atoms with Gasteiger partial charge in [-0.3, -0.25) is 5.43 Å². The van der Waals surface area contributed by atoms with Gasteiger partial charge < -0.3 is 11.1 Å². The van der Waals surface area contributed by atoms with Crippen LogP contribution in [0.15, 0.2) is 23.3 Å². The quantitative estimate of drug-likeness (QED) is 0.527. The lowest BCUT2D eigenvalue weighted by Gasteiger charge is -2.19. The third-order valence-corrected chi connectivity index (χ3v) is 2.60. The molecule has 1 aliphatic heterocycles. The van der Waals surface area contributed by atoms with Gasteiger partial charge in [-0.1, -0.05) is 11.6 Å². The first-order valence-corrected chi connectivity index (χ1v) is 5.61. The molecular weight excluding hydrogens is 244 g/mol. The molecule has 0 saturated carbocycles. The number of hydrogen-bond donors (Lipinski definition) is 3. The number of hydrazone groups is 1. The van der Waals surface area contributed by atoms with Crippen LogP contribution in [0.2, 0.25) is 5.02 Å². The zero-order chi connectivity index (χ0) is 11.5. The molecule has 0 bridgehead atoms. The van der Waals surface area contributed by atoms with Crippen LogP contribution in [-0.2, 0) is 0 Å². The average molecular weight is 255 g/mol. The number of benzene rings is 1. The molecule has 0 spiro atoms. The molecule has 1 aliphatic rings. The Morgan fingerprint density at radius 1 is 1.56 bits per heavy atom. The third kappa shape index (κ3) is 2.43. The van der Waals surface area contributed by atoms with E-state index >= 15 is 0 Å². The van der Waals surface area contributed by atoms with Crippen molar-refractivity contribution in [1.82, 2.24) is 5.43 Å². The molecule has 0 atom stereocenters. The van der Waals surface area contributed by atoms with Gasteiger partial charge in [0.2, 0.25) is 0 Å². The van der Waals surface area contributed by atoms with Crippen LogP contribution in [0.25, 0.3) is 0 Å². The zero-order valence-electron chi connectivity index (χ0n) is 8.46. The Labute approximate surface area is 104 Å². The number of hydrogen-bond acceptors (Lipinski definition) is 3. The van der Waals surface area contributed by atoms with Crippen LogP contribution in [0.5, 0.6) is 0 Å². The number of nitrogens with two attached hydrogens (primary N) is 1. The fourth-order valence-corrected chi connectivity index (χ4v) is 1.82. The van der Waals surface area contributed by atoms with Gasteiger partial charge in [0.1, 0.15) is 0 Å². The lowest BCUT2D eigenvalue weighted by atomic mass is 10.0. The normalized spacial score (nSPS) is 16.4. The van der Waals surface area contributed by atoms with E-state index in [0.717, 1.165) is 29.9 Å². The van der Waals surface area contributed by atoms with E-state index in [1.54, 1.807) is 0 Å². The molecule has 1 aromatic rings. The van der Waals surface area contributed by atoms with Crippen molar-refractivity contribution < 1.29 is 0 Å². The minimum absolute atomic E-state index is 0.162. The predicted octanol–water partition coefficient (Wildman–Crippen LogP) is 1.69. The van der Waals surface area contributed by atoms with Crippen molar-refractivity contribution in [2.75, 3.05) is 11.9 Å². The van der Waals surface area contributed by atoms with E-state index in [-0.39, 0.29) is 5.11 Å². The Balaban J connectivity index is 2.35. The summed E-state index contributed by atoms with van der Waals surface area (Å²) in [5.41, 5.74) is 10.9. The number of nitrogens with zero attached hydrogens (tertiary/aromatic N) is 1. The standard InChI is InChI=1S/C10H11ClN4S/c11-6-1-2-8-7(5-6)9(3-4-13-8)14-15-10(12)16/h1-2,5,13H,3-4H2,(H3,12,15,16). The summed E-state index contributed by atoms with van der Waals surface area (Å²) in [5, 5.41) is 8.29. The van der Waals surface area contributed by atoms with Gasteiger partial charge in [0.15, 0.2) is 5.11 Å². The molecule has 0 aliphatic carbocycles. The highest BCUT2D eigenvalue weighted by Crippen LogP contribution is 2.25. The first kappa shape index (κ1) is 11.2. The molecule has 1 heterocycles. The van der Waals surface area contributed by atoms with Gasteiger partial charge in [-0.05, 0) is 30.4 Å².